The second-order valence-corrected chi connectivity index (χ2v) is 6.17. The standard InChI is InChI=1S/C19H22N2O3/c1-24-18-9-7-15(8-10-18)16-5-2-3-11-20(13-16)19(22)17-6-4-12-21(23)14-17/h4,6-10,12,14,16H,2-3,5,11,13H2,1H3/t16-/m1/s1. The Morgan fingerprint density at radius 2 is 2.04 bits per heavy atom. The van der Waals surface area contributed by atoms with E-state index in [1.165, 1.54) is 18.0 Å². The zero-order chi connectivity index (χ0) is 16.9. The van der Waals surface area contributed by atoms with Crippen LogP contribution in [0.4, 0.5) is 0 Å². The van der Waals surface area contributed by atoms with Crippen molar-refractivity contribution in [3.63, 3.8) is 0 Å². The Bertz CT molecular complexity index is 700. The first-order valence-corrected chi connectivity index (χ1v) is 8.29. The van der Waals surface area contributed by atoms with Crippen LogP contribution in [0.1, 0.15) is 41.1 Å². The van der Waals surface area contributed by atoms with E-state index >= 15 is 0 Å². The first kappa shape index (κ1) is 16.3. The fourth-order valence-corrected chi connectivity index (χ4v) is 3.24. The quantitative estimate of drug-likeness (QED) is 0.644. The number of benzene rings is 1. The average Bonchev–Trinajstić information content (AvgIpc) is 2.87. The molecule has 1 aromatic heterocycles. The molecule has 1 atom stereocenters. The smallest absolute Gasteiger partial charge is 0.259 e. The predicted octanol–water partition coefficient (Wildman–Crippen LogP) is 2.74. The van der Waals surface area contributed by atoms with Crippen molar-refractivity contribution in [3.05, 3.63) is 65.1 Å². The number of rotatable bonds is 3. The van der Waals surface area contributed by atoms with E-state index < -0.39 is 0 Å². The summed E-state index contributed by atoms with van der Waals surface area (Å²) in [6, 6.07) is 11.4. The number of likely N-dealkylation sites (tertiary alicyclic amines) is 1. The maximum Gasteiger partial charge on any atom is 0.259 e. The van der Waals surface area contributed by atoms with E-state index in [1.807, 2.05) is 17.0 Å². The summed E-state index contributed by atoms with van der Waals surface area (Å²) in [5.41, 5.74) is 1.67. The van der Waals surface area contributed by atoms with Crippen LogP contribution < -0.4 is 9.47 Å². The maximum atomic E-state index is 12.7. The van der Waals surface area contributed by atoms with Gasteiger partial charge in [0.1, 0.15) is 11.3 Å². The van der Waals surface area contributed by atoms with Crippen molar-refractivity contribution >= 4 is 5.91 Å². The molecule has 0 spiro atoms. The molecule has 0 aliphatic carbocycles. The first-order chi connectivity index (χ1) is 11.7. The molecule has 2 heterocycles. The van der Waals surface area contributed by atoms with Crippen molar-refractivity contribution in [3.8, 4) is 5.75 Å². The number of hydrogen-bond donors (Lipinski definition) is 0. The lowest BCUT2D eigenvalue weighted by Gasteiger charge is -2.24. The Kier molecular flexibility index (Phi) is 4.99. The monoisotopic (exact) mass is 326 g/mol. The van der Waals surface area contributed by atoms with Crippen LogP contribution in [-0.4, -0.2) is 31.0 Å². The molecule has 1 aromatic carbocycles. The van der Waals surface area contributed by atoms with Crippen LogP contribution in [0.2, 0.25) is 0 Å². The maximum absolute atomic E-state index is 12.7. The van der Waals surface area contributed by atoms with Gasteiger partial charge in [-0.15, -0.1) is 0 Å². The summed E-state index contributed by atoms with van der Waals surface area (Å²) in [6.45, 7) is 1.41. The second-order valence-electron chi connectivity index (χ2n) is 6.17. The predicted molar refractivity (Wildman–Crippen MR) is 90.9 cm³/mol. The van der Waals surface area contributed by atoms with E-state index in [1.54, 1.807) is 19.2 Å². The number of aromatic nitrogens is 1. The van der Waals surface area contributed by atoms with Gasteiger partial charge in [-0.3, -0.25) is 4.79 Å². The molecule has 0 saturated carbocycles. The molecule has 1 amide bonds. The average molecular weight is 326 g/mol. The topological polar surface area (TPSA) is 56.5 Å². The number of pyridine rings is 1. The van der Waals surface area contributed by atoms with Gasteiger partial charge in [0.05, 0.1) is 7.11 Å². The molecule has 0 radical (unpaired) electrons. The Hall–Kier alpha value is -2.56. The molecule has 1 saturated heterocycles. The van der Waals surface area contributed by atoms with Crippen LogP contribution in [0.15, 0.2) is 48.8 Å². The Labute approximate surface area is 142 Å². The Balaban J connectivity index is 1.77. The molecule has 2 aromatic rings. The van der Waals surface area contributed by atoms with Crippen molar-refractivity contribution in [2.45, 2.75) is 25.2 Å². The highest BCUT2D eigenvalue weighted by Crippen LogP contribution is 2.28. The highest BCUT2D eigenvalue weighted by atomic mass is 16.5. The highest BCUT2D eigenvalue weighted by Gasteiger charge is 2.25. The Morgan fingerprint density at radius 3 is 2.75 bits per heavy atom. The third-order valence-corrected chi connectivity index (χ3v) is 4.57. The second kappa shape index (κ2) is 7.34. The van der Waals surface area contributed by atoms with E-state index in [0.717, 1.165) is 31.6 Å². The van der Waals surface area contributed by atoms with Gasteiger partial charge in [0.25, 0.3) is 5.91 Å². The van der Waals surface area contributed by atoms with Gasteiger partial charge in [-0.2, -0.15) is 4.73 Å². The molecule has 0 bridgehead atoms. The van der Waals surface area contributed by atoms with Crippen LogP contribution in [0.3, 0.4) is 0 Å². The van der Waals surface area contributed by atoms with Crippen molar-refractivity contribution in [2.24, 2.45) is 0 Å². The molecule has 1 aliphatic rings. The van der Waals surface area contributed by atoms with Crippen LogP contribution in [0.5, 0.6) is 5.75 Å². The summed E-state index contributed by atoms with van der Waals surface area (Å²) in [5, 5.41) is 11.4. The van der Waals surface area contributed by atoms with E-state index in [9.17, 15) is 10.0 Å². The summed E-state index contributed by atoms with van der Waals surface area (Å²) < 4.78 is 5.89. The minimum Gasteiger partial charge on any atom is -0.619 e. The fourth-order valence-electron chi connectivity index (χ4n) is 3.24. The highest BCUT2D eigenvalue weighted by molar-refractivity contribution is 5.93. The van der Waals surface area contributed by atoms with Crippen LogP contribution in [-0.2, 0) is 0 Å². The molecular weight excluding hydrogens is 304 g/mol. The molecule has 5 nitrogen and oxygen atoms in total. The number of ether oxygens (including phenoxy) is 1. The number of carbonyl (C=O) groups is 1. The minimum absolute atomic E-state index is 0.0689. The summed E-state index contributed by atoms with van der Waals surface area (Å²) in [6.07, 6.45) is 5.88. The van der Waals surface area contributed by atoms with Gasteiger partial charge in [-0.25, -0.2) is 0 Å². The van der Waals surface area contributed by atoms with Crippen molar-refractivity contribution in [2.75, 3.05) is 20.2 Å². The molecule has 1 aliphatic heterocycles. The van der Waals surface area contributed by atoms with Gasteiger partial charge in [0.15, 0.2) is 12.4 Å². The van der Waals surface area contributed by atoms with Crippen LogP contribution in [0.25, 0.3) is 0 Å². The molecule has 126 valence electrons. The lowest BCUT2D eigenvalue weighted by atomic mass is 9.94. The van der Waals surface area contributed by atoms with Gasteiger partial charge in [-0.05, 0) is 36.6 Å². The summed E-state index contributed by atoms with van der Waals surface area (Å²) >= 11 is 0. The summed E-state index contributed by atoms with van der Waals surface area (Å²) in [7, 11) is 1.66. The summed E-state index contributed by atoms with van der Waals surface area (Å²) in [5.74, 6) is 1.08. The van der Waals surface area contributed by atoms with E-state index in [-0.39, 0.29) is 5.91 Å². The molecule has 1 fully saturated rings. The minimum atomic E-state index is -0.0689. The third-order valence-electron chi connectivity index (χ3n) is 4.57. The largest absolute Gasteiger partial charge is 0.619 e. The molecule has 5 heteroatoms. The van der Waals surface area contributed by atoms with Gasteiger partial charge < -0.3 is 14.8 Å². The van der Waals surface area contributed by atoms with Gasteiger partial charge in [0, 0.05) is 25.1 Å². The third kappa shape index (κ3) is 3.67. The van der Waals surface area contributed by atoms with Crippen LogP contribution in [0, 0.1) is 5.21 Å². The zero-order valence-electron chi connectivity index (χ0n) is 13.9. The van der Waals surface area contributed by atoms with Crippen LogP contribution >= 0.6 is 0 Å². The number of amides is 1. The van der Waals surface area contributed by atoms with Gasteiger partial charge in [0.2, 0.25) is 0 Å². The number of nitrogens with zero attached hydrogens (tertiary/aromatic N) is 2. The van der Waals surface area contributed by atoms with Crippen molar-refractivity contribution in [1.82, 2.24) is 4.90 Å². The van der Waals surface area contributed by atoms with Gasteiger partial charge in [-0.1, -0.05) is 18.6 Å². The summed E-state index contributed by atoms with van der Waals surface area (Å²) in [4.78, 5) is 14.6. The molecule has 0 N–H and O–H groups in total. The lowest BCUT2D eigenvalue weighted by molar-refractivity contribution is -0.605. The zero-order valence-corrected chi connectivity index (χ0v) is 13.9. The number of carbonyl (C=O) groups excluding carboxylic acids is 1. The van der Waals surface area contributed by atoms with Crippen molar-refractivity contribution < 1.29 is 14.3 Å². The van der Waals surface area contributed by atoms with Gasteiger partial charge >= 0.3 is 0 Å². The van der Waals surface area contributed by atoms with E-state index in [0.29, 0.717) is 22.8 Å². The first-order valence-electron chi connectivity index (χ1n) is 8.29. The van der Waals surface area contributed by atoms with Crippen molar-refractivity contribution in [1.29, 1.82) is 0 Å². The van der Waals surface area contributed by atoms with E-state index in [4.69, 9.17) is 4.74 Å². The molecule has 0 unspecified atom stereocenters. The SMILES string of the molecule is COc1ccc([C@@H]2CCCCN(C(=O)c3ccc[n+]([O-])c3)C2)cc1. The van der Waals surface area contributed by atoms with E-state index in [2.05, 4.69) is 12.1 Å². The lowest BCUT2D eigenvalue weighted by Crippen LogP contribution is -2.36. The molecule has 24 heavy (non-hydrogen) atoms. The fraction of sp³-hybridized carbons (Fsp3) is 0.368. The number of hydrogen-bond acceptors (Lipinski definition) is 3. The molecule has 3 rings (SSSR count). The normalized spacial score (nSPS) is 18.0. The molecular formula is C19H22N2O3. The number of methoxy groups -OCH3 is 1. The Morgan fingerprint density at radius 1 is 1.25 bits per heavy atom.